The highest BCUT2D eigenvalue weighted by Gasteiger charge is 2.42. The van der Waals surface area contributed by atoms with E-state index in [0.29, 0.717) is 11.6 Å². The van der Waals surface area contributed by atoms with Crippen molar-refractivity contribution in [1.29, 1.82) is 0 Å². The highest BCUT2D eigenvalue weighted by atomic mass is 16.5. The van der Waals surface area contributed by atoms with Crippen molar-refractivity contribution in [1.82, 2.24) is 15.2 Å². The third-order valence-corrected chi connectivity index (χ3v) is 2.86. The Kier molecular flexibility index (Phi) is 2.28. The third kappa shape index (κ3) is 1.33. The van der Waals surface area contributed by atoms with E-state index < -0.39 is 6.10 Å². The van der Waals surface area contributed by atoms with Crippen molar-refractivity contribution in [2.45, 2.75) is 37.9 Å². The van der Waals surface area contributed by atoms with Gasteiger partial charge in [0, 0.05) is 7.11 Å². The quantitative estimate of drug-likeness (QED) is 0.754. The lowest BCUT2D eigenvalue weighted by atomic mass is 9.79. The number of nitrogens with one attached hydrogen (secondary N) is 1. The van der Waals surface area contributed by atoms with Crippen LogP contribution in [0.2, 0.25) is 0 Å². The molecule has 2 N–H and O–H groups in total. The van der Waals surface area contributed by atoms with Crippen LogP contribution in [0.25, 0.3) is 0 Å². The normalized spacial score (nSPS) is 21.6. The highest BCUT2D eigenvalue weighted by Crippen LogP contribution is 2.42. The van der Waals surface area contributed by atoms with Gasteiger partial charge in [-0.25, -0.2) is 4.98 Å². The molecule has 78 valence electrons. The van der Waals surface area contributed by atoms with Crippen molar-refractivity contribution in [2.24, 2.45) is 0 Å². The molecule has 1 saturated carbocycles. The standard InChI is InChI=1S/C9H15N3O2/c1-6(13)7-10-8(12-11-7)9(14-2)4-3-5-9/h6,13H,3-5H2,1-2H3,(H,10,11,12). The lowest BCUT2D eigenvalue weighted by molar-refractivity contribution is -0.0845. The fourth-order valence-corrected chi connectivity index (χ4v) is 1.68. The molecule has 1 unspecified atom stereocenters. The highest BCUT2D eigenvalue weighted by molar-refractivity contribution is 5.08. The molecule has 1 aliphatic carbocycles. The molecule has 14 heavy (non-hydrogen) atoms. The number of aromatic nitrogens is 3. The van der Waals surface area contributed by atoms with E-state index in [2.05, 4.69) is 15.2 Å². The Morgan fingerprint density at radius 1 is 1.57 bits per heavy atom. The Balaban J connectivity index is 2.23. The van der Waals surface area contributed by atoms with Crippen LogP contribution < -0.4 is 0 Å². The summed E-state index contributed by atoms with van der Waals surface area (Å²) in [4.78, 5) is 4.23. The van der Waals surface area contributed by atoms with E-state index in [1.807, 2.05) is 0 Å². The van der Waals surface area contributed by atoms with Crippen molar-refractivity contribution in [2.75, 3.05) is 7.11 Å². The van der Waals surface area contributed by atoms with Crippen molar-refractivity contribution in [3.63, 3.8) is 0 Å². The van der Waals surface area contributed by atoms with Gasteiger partial charge in [0.2, 0.25) is 0 Å². The monoisotopic (exact) mass is 197 g/mol. The molecule has 0 radical (unpaired) electrons. The van der Waals surface area contributed by atoms with E-state index in [9.17, 15) is 5.11 Å². The minimum absolute atomic E-state index is 0.302. The first-order chi connectivity index (χ1) is 6.68. The van der Waals surface area contributed by atoms with Gasteiger partial charge in [-0.2, -0.15) is 5.10 Å². The molecule has 0 saturated heterocycles. The lowest BCUT2D eigenvalue weighted by Gasteiger charge is -2.37. The number of hydrogen-bond acceptors (Lipinski definition) is 4. The minimum atomic E-state index is -0.606. The SMILES string of the molecule is COC1(c2n[nH]c(C(C)O)n2)CCC1. The Morgan fingerprint density at radius 2 is 2.29 bits per heavy atom. The zero-order valence-corrected chi connectivity index (χ0v) is 8.45. The second-order valence-corrected chi connectivity index (χ2v) is 3.77. The molecule has 0 amide bonds. The van der Waals surface area contributed by atoms with E-state index in [0.717, 1.165) is 19.3 Å². The van der Waals surface area contributed by atoms with Crippen molar-refractivity contribution >= 4 is 0 Å². The van der Waals surface area contributed by atoms with Crippen molar-refractivity contribution < 1.29 is 9.84 Å². The second-order valence-electron chi connectivity index (χ2n) is 3.77. The summed E-state index contributed by atoms with van der Waals surface area (Å²) in [5.41, 5.74) is -0.302. The van der Waals surface area contributed by atoms with Crippen LogP contribution >= 0.6 is 0 Å². The van der Waals surface area contributed by atoms with E-state index in [4.69, 9.17) is 4.74 Å². The molecule has 5 nitrogen and oxygen atoms in total. The number of methoxy groups -OCH3 is 1. The van der Waals surface area contributed by atoms with Gasteiger partial charge in [-0.05, 0) is 26.2 Å². The number of ether oxygens (including phenoxy) is 1. The summed E-state index contributed by atoms with van der Waals surface area (Å²) in [5, 5.41) is 16.1. The number of aliphatic hydroxyl groups excluding tert-OH is 1. The lowest BCUT2D eigenvalue weighted by Crippen LogP contribution is -2.37. The van der Waals surface area contributed by atoms with Crippen LogP contribution in [-0.2, 0) is 10.3 Å². The van der Waals surface area contributed by atoms with Gasteiger partial charge in [0.25, 0.3) is 0 Å². The molecule has 0 spiro atoms. The summed E-state index contributed by atoms with van der Waals surface area (Å²) >= 11 is 0. The molecule has 0 aliphatic heterocycles. The maximum absolute atomic E-state index is 9.29. The molecule has 1 atom stereocenters. The predicted molar refractivity (Wildman–Crippen MR) is 49.6 cm³/mol. The molecular weight excluding hydrogens is 182 g/mol. The van der Waals surface area contributed by atoms with Crippen LogP contribution in [0.3, 0.4) is 0 Å². The van der Waals surface area contributed by atoms with Gasteiger partial charge in [-0.3, -0.25) is 5.10 Å². The van der Waals surface area contributed by atoms with Crippen molar-refractivity contribution in [3.8, 4) is 0 Å². The third-order valence-electron chi connectivity index (χ3n) is 2.86. The molecular formula is C9H15N3O2. The molecule has 1 aliphatic rings. The number of aliphatic hydroxyl groups is 1. The van der Waals surface area contributed by atoms with Gasteiger partial charge in [0.05, 0.1) is 0 Å². The largest absolute Gasteiger partial charge is 0.385 e. The van der Waals surface area contributed by atoms with Gasteiger partial charge < -0.3 is 9.84 Å². The first kappa shape index (κ1) is 9.61. The molecule has 1 fully saturated rings. The Labute approximate surface area is 82.5 Å². The number of aromatic amines is 1. The molecule has 1 aromatic rings. The Hall–Kier alpha value is -0.940. The van der Waals surface area contributed by atoms with Crippen LogP contribution in [0.4, 0.5) is 0 Å². The molecule has 0 bridgehead atoms. The first-order valence-electron chi connectivity index (χ1n) is 4.84. The van der Waals surface area contributed by atoms with Crippen LogP contribution in [0.1, 0.15) is 43.9 Å². The second kappa shape index (κ2) is 3.33. The van der Waals surface area contributed by atoms with E-state index in [1.165, 1.54) is 0 Å². The number of hydrogen-bond donors (Lipinski definition) is 2. The molecule has 1 aromatic heterocycles. The van der Waals surface area contributed by atoms with Crippen LogP contribution in [0.15, 0.2) is 0 Å². The van der Waals surface area contributed by atoms with Gasteiger partial charge in [0.1, 0.15) is 11.7 Å². The van der Waals surface area contributed by atoms with Gasteiger partial charge in [0.15, 0.2) is 11.6 Å². The number of H-pyrrole nitrogens is 1. The first-order valence-corrected chi connectivity index (χ1v) is 4.84. The maximum atomic E-state index is 9.29. The average molecular weight is 197 g/mol. The number of rotatable bonds is 3. The summed E-state index contributed by atoms with van der Waals surface area (Å²) in [6.45, 7) is 1.66. The summed E-state index contributed by atoms with van der Waals surface area (Å²) in [6.07, 6.45) is 2.46. The minimum Gasteiger partial charge on any atom is -0.385 e. The summed E-state index contributed by atoms with van der Waals surface area (Å²) in [7, 11) is 1.68. The molecule has 2 rings (SSSR count). The van der Waals surface area contributed by atoms with E-state index in [-0.39, 0.29) is 5.60 Å². The van der Waals surface area contributed by atoms with Gasteiger partial charge >= 0.3 is 0 Å². The maximum Gasteiger partial charge on any atom is 0.182 e. The van der Waals surface area contributed by atoms with Gasteiger partial charge in [-0.15, -0.1) is 0 Å². The molecule has 5 heteroatoms. The van der Waals surface area contributed by atoms with Crippen molar-refractivity contribution in [3.05, 3.63) is 11.6 Å². The Bertz CT molecular complexity index is 312. The summed E-state index contributed by atoms with van der Waals surface area (Å²) in [6, 6.07) is 0. The summed E-state index contributed by atoms with van der Waals surface area (Å²) < 4.78 is 5.43. The fourth-order valence-electron chi connectivity index (χ4n) is 1.68. The predicted octanol–water partition coefficient (Wildman–Crippen LogP) is 0.884. The van der Waals surface area contributed by atoms with Crippen LogP contribution in [-0.4, -0.2) is 27.4 Å². The van der Waals surface area contributed by atoms with Crippen LogP contribution in [0.5, 0.6) is 0 Å². The van der Waals surface area contributed by atoms with E-state index >= 15 is 0 Å². The smallest absolute Gasteiger partial charge is 0.182 e. The van der Waals surface area contributed by atoms with E-state index in [1.54, 1.807) is 14.0 Å². The zero-order chi connectivity index (χ0) is 10.2. The number of nitrogens with zero attached hydrogens (tertiary/aromatic N) is 2. The summed E-state index contributed by atoms with van der Waals surface area (Å²) in [5.74, 6) is 1.17. The molecule has 1 heterocycles. The topological polar surface area (TPSA) is 71.0 Å². The van der Waals surface area contributed by atoms with Crippen LogP contribution in [0, 0.1) is 0 Å². The fraction of sp³-hybridized carbons (Fsp3) is 0.778. The molecule has 0 aromatic carbocycles. The van der Waals surface area contributed by atoms with Gasteiger partial charge in [-0.1, -0.05) is 0 Å². The zero-order valence-electron chi connectivity index (χ0n) is 8.45. The average Bonchev–Trinajstić information content (AvgIpc) is 2.52. The Morgan fingerprint density at radius 3 is 2.64 bits per heavy atom.